The number of nitrogens with zero attached hydrogens (tertiary/aromatic N) is 1. The summed E-state index contributed by atoms with van der Waals surface area (Å²) in [5, 5.41) is 9.55. The number of carbonyl (C=O) groups is 2. The zero-order chi connectivity index (χ0) is 18.2. The van der Waals surface area contributed by atoms with E-state index >= 15 is 0 Å². The quantitative estimate of drug-likeness (QED) is 0.839. The summed E-state index contributed by atoms with van der Waals surface area (Å²) in [5.74, 6) is -1.19. The molecule has 1 aliphatic carbocycles. The second-order valence-electron chi connectivity index (χ2n) is 6.65. The van der Waals surface area contributed by atoms with Crippen molar-refractivity contribution in [3.05, 3.63) is 29.8 Å². The Hall–Kier alpha value is -1.93. The van der Waals surface area contributed by atoms with Crippen molar-refractivity contribution in [2.24, 2.45) is 5.92 Å². The molecule has 2 fully saturated rings. The third-order valence-corrected chi connectivity index (χ3v) is 6.68. The SMILES string of the molecule is CNS(=O)(=O)c1cccc(C(=O)N2C(C(=O)O)CC3CCCCC32)c1. The molecule has 1 aliphatic heterocycles. The van der Waals surface area contributed by atoms with Crippen molar-refractivity contribution in [2.45, 2.75) is 49.1 Å². The summed E-state index contributed by atoms with van der Waals surface area (Å²) < 4.78 is 26.2. The molecule has 3 unspecified atom stereocenters. The van der Waals surface area contributed by atoms with Crippen LogP contribution in [0.4, 0.5) is 0 Å². The average Bonchev–Trinajstić information content (AvgIpc) is 3.01. The van der Waals surface area contributed by atoms with Gasteiger partial charge in [0.05, 0.1) is 4.90 Å². The molecule has 1 amide bonds. The molecular formula is C17H22N2O5S. The normalized spacial score (nSPS) is 26.3. The van der Waals surface area contributed by atoms with Gasteiger partial charge in [-0.3, -0.25) is 4.79 Å². The summed E-state index contributed by atoms with van der Waals surface area (Å²) in [6, 6.07) is 4.83. The summed E-state index contributed by atoms with van der Waals surface area (Å²) in [5.41, 5.74) is 0.203. The molecule has 3 rings (SSSR count). The van der Waals surface area contributed by atoms with E-state index in [0.717, 1.165) is 25.7 Å². The van der Waals surface area contributed by atoms with Gasteiger partial charge in [-0.25, -0.2) is 17.9 Å². The maximum absolute atomic E-state index is 13.0. The van der Waals surface area contributed by atoms with Gasteiger partial charge >= 0.3 is 5.97 Å². The van der Waals surface area contributed by atoms with Gasteiger partial charge in [0.25, 0.3) is 5.91 Å². The number of fused-ring (bicyclic) bond motifs is 1. The van der Waals surface area contributed by atoms with Crippen molar-refractivity contribution < 1.29 is 23.1 Å². The highest BCUT2D eigenvalue weighted by Gasteiger charge is 2.47. The highest BCUT2D eigenvalue weighted by Crippen LogP contribution is 2.40. The Morgan fingerprint density at radius 2 is 1.96 bits per heavy atom. The van der Waals surface area contributed by atoms with Crippen molar-refractivity contribution in [1.82, 2.24) is 9.62 Å². The van der Waals surface area contributed by atoms with Crippen LogP contribution in [0.3, 0.4) is 0 Å². The van der Waals surface area contributed by atoms with E-state index in [9.17, 15) is 23.1 Å². The predicted molar refractivity (Wildman–Crippen MR) is 90.6 cm³/mol. The second kappa shape index (κ2) is 6.76. The summed E-state index contributed by atoms with van der Waals surface area (Å²) in [7, 11) is -2.37. The lowest BCUT2D eigenvalue weighted by molar-refractivity contribution is -0.141. The number of aliphatic carboxylic acids is 1. The molecule has 7 nitrogen and oxygen atoms in total. The Labute approximate surface area is 147 Å². The van der Waals surface area contributed by atoms with E-state index < -0.39 is 27.9 Å². The zero-order valence-corrected chi connectivity index (χ0v) is 14.8. The van der Waals surface area contributed by atoms with Gasteiger partial charge in [0, 0.05) is 11.6 Å². The molecule has 1 aromatic rings. The number of carbonyl (C=O) groups excluding carboxylic acids is 1. The van der Waals surface area contributed by atoms with Crippen LogP contribution in [0.15, 0.2) is 29.2 Å². The second-order valence-corrected chi connectivity index (χ2v) is 8.54. The molecule has 2 N–H and O–H groups in total. The fourth-order valence-corrected chi connectivity index (χ4v) is 4.81. The molecule has 2 aliphatic rings. The third kappa shape index (κ3) is 3.28. The molecule has 3 atom stereocenters. The van der Waals surface area contributed by atoms with Crippen molar-refractivity contribution >= 4 is 21.9 Å². The van der Waals surface area contributed by atoms with Gasteiger partial charge in [0.1, 0.15) is 6.04 Å². The first-order valence-electron chi connectivity index (χ1n) is 8.44. The predicted octanol–water partition coefficient (Wildman–Crippen LogP) is 1.45. The summed E-state index contributed by atoms with van der Waals surface area (Å²) in [6.07, 6.45) is 4.25. The fraction of sp³-hybridized carbons (Fsp3) is 0.529. The maximum atomic E-state index is 13.0. The first-order chi connectivity index (χ1) is 11.8. The van der Waals surface area contributed by atoms with Crippen LogP contribution >= 0.6 is 0 Å². The van der Waals surface area contributed by atoms with Crippen molar-refractivity contribution in [3.8, 4) is 0 Å². The molecule has 136 valence electrons. The van der Waals surface area contributed by atoms with E-state index in [2.05, 4.69) is 4.72 Å². The van der Waals surface area contributed by atoms with Gasteiger partial charge in [-0.05, 0) is 50.4 Å². The van der Waals surface area contributed by atoms with Crippen LogP contribution in [-0.4, -0.2) is 49.4 Å². The highest BCUT2D eigenvalue weighted by molar-refractivity contribution is 7.89. The Morgan fingerprint density at radius 1 is 1.24 bits per heavy atom. The van der Waals surface area contributed by atoms with Gasteiger partial charge in [-0.1, -0.05) is 18.9 Å². The number of rotatable bonds is 4. The van der Waals surface area contributed by atoms with Crippen LogP contribution in [0.2, 0.25) is 0 Å². The number of likely N-dealkylation sites (tertiary alicyclic amines) is 1. The van der Waals surface area contributed by atoms with Crippen molar-refractivity contribution in [1.29, 1.82) is 0 Å². The Balaban J connectivity index is 1.96. The van der Waals surface area contributed by atoms with Gasteiger partial charge in [0.2, 0.25) is 10.0 Å². The third-order valence-electron chi connectivity index (χ3n) is 5.27. The van der Waals surface area contributed by atoms with E-state index in [0.29, 0.717) is 6.42 Å². The lowest BCUT2D eigenvalue weighted by Gasteiger charge is -2.33. The van der Waals surface area contributed by atoms with Crippen LogP contribution in [0.5, 0.6) is 0 Å². The number of carboxylic acids is 1. The Morgan fingerprint density at radius 3 is 2.64 bits per heavy atom. The first kappa shape index (κ1) is 17.9. The number of nitrogens with one attached hydrogen (secondary N) is 1. The number of amides is 1. The van der Waals surface area contributed by atoms with Gasteiger partial charge in [0.15, 0.2) is 0 Å². The molecule has 1 saturated heterocycles. The molecule has 1 saturated carbocycles. The van der Waals surface area contributed by atoms with E-state index in [1.165, 1.54) is 36.2 Å². The van der Waals surface area contributed by atoms with Crippen LogP contribution in [0.25, 0.3) is 0 Å². The zero-order valence-electron chi connectivity index (χ0n) is 14.0. The van der Waals surface area contributed by atoms with E-state index in [1.54, 1.807) is 0 Å². The minimum atomic E-state index is -3.67. The fourth-order valence-electron chi connectivity index (χ4n) is 4.04. The standard InChI is InChI=1S/C17H22N2O5S/c1-18-25(23,24)13-7-4-6-12(9-13)16(20)19-14-8-3-2-5-11(14)10-15(19)17(21)22/h4,6-7,9,11,14-15,18H,2-3,5,8,10H2,1H3,(H,21,22). The van der Waals surface area contributed by atoms with E-state index in [1.807, 2.05) is 0 Å². The first-order valence-corrected chi connectivity index (χ1v) is 9.92. The number of hydrogen-bond donors (Lipinski definition) is 2. The number of benzene rings is 1. The summed E-state index contributed by atoms with van der Waals surface area (Å²) in [4.78, 5) is 26.2. The topological polar surface area (TPSA) is 104 Å². The maximum Gasteiger partial charge on any atom is 0.326 e. The van der Waals surface area contributed by atoms with Crippen LogP contribution < -0.4 is 4.72 Å². The van der Waals surface area contributed by atoms with Gasteiger partial charge in [-0.15, -0.1) is 0 Å². The number of sulfonamides is 1. The minimum Gasteiger partial charge on any atom is -0.480 e. The van der Waals surface area contributed by atoms with Gasteiger partial charge in [-0.2, -0.15) is 0 Å². The molecule has 1 aromatic carbocycles. The lowest BCUT2D eigenvalue weighted by Crippen LogP contribution is -2.46. The van der Waals surface area contributed by atoms with Crippen LogP contribution in [0, 0.1) is 5.92 Å². The molecule has 0 aromatic heterocycles. The number of hydrogen-bond acceptors (Lipinski definition) is 4. The van der Waals surface area contributed by atoms with Crippen molar-refractivity contribution in [2.75, 3.05) is 7.05 Å². The highest BCUT2D eigenvalue weighted by atomic mass is 32.2. The van der Waals surface area contributed by atoms with Gasteiger partial charge < -0.3 is 10.0 Å². The summed E-state index contributed by atoms with van der Waals surface area (Å²) >= 11 is 0. The summed E-state index contributed by atoms with van der Waals surface area (Å²) in [6.45, 7) is 0. The monoisotopic (exact) mass is 366 g/mol. The van der Waals surface area contributed by atoms with Crippen LogP contribution in [-0.2, 0) is 14.8 Å². The largest absolute Gasteiger partial charge is 0.480 e. The van der Waals surface area contributed by atoms with E-state index in [4.69, 9.17) is 0 Å². The van der Waals surface area contributed by atoms with E-state index in [-0.39, 0.29) is 22.4 Å². The molecule has 1 heterocycles. The number of carboxylic acid groups (broad SMARTS) is 1. The molecule has 25 heavy (non-hydrogen) atoms. The average molecular weight is 366 g/mol. The molecule has 8 heteroatoms. The van der Waals surface area contributed by atoms with Crippen molar-refractivity contribution in [3.63, 3.8) is 0 Å². The Kier molecular flexibility index (Phi) is 4.83. The minimum absolute atomic E-state index is 0.00730. The molecule has 0 bridgehead atoms. The Bertz CT molecular complexity index is 792. The molecule has 0 radical (unpaired) electrons. The molecular weight excluding hydrogens is 344 g/mol. The smallest absolute Gasteiger partial charge is 0.326 e. The van der Waals surface area contributed by atoms with Crippen LogP contribution in [0.1, 0.15) is 42.5 Å². The lowest BCUT2D eigenvalue weighted by atomic mass is 9.84. The molecule has 0 spiro atoms.